The molecule has 132 valence electrons. The van der Waals surface area contributed by atoms with Gasteiger partial charge in [-0.3, -0.25) is 10.8 Å². The van der Waals surface area contributed by atoms with Crippen LogP contribution < -0.4 is 17.2 Å². The predicted octanol–water partition coefficient (Wildman–Crippen LogP) is 1.44. The summed E-state index contributed by atoms with van der Waals surface area (Å²) in [6.07, 6.45) is 0.248. The standard InChI is InChI=1S/C13H24N10O/c1-11(2,8(15)16)21-23-13(4,9(17)18)6-5-12(3,7-14)22-20-10(19)24/h5-6H2,1-4H3,(H3,15,16)(H3,17,18)(H2,19,24). The minimum absolute atomic E-state index is 0.107. The normalized spacial score (nSPS) is 17.1. The van der Waals surface area contributed by atoms with E-state index in [9.17, 15) is 10.1 Å². The van der Waals surface area contributed by atoms with Crippen LogP contribution in [0.5, 0.6) is 0 Å². The van der Waals surface area contributed by atoms with Crippen LogP contribution in [0.4, 0.5) is 4.79 Å². The quantitative estimate of drug-likeness (QED) is 0.252. The number of carbonyl (C=O) groups is 1. The fourth-order valence-corrected chi connectivity index (χ4v) is 1.30. The van der Waals surface area contributed by atoms with Crippen LogP contribution in [-0.2, 0) is 0 Å². The molecule has 8 N–H and O–H groups in total. The number of hydrogen-bond acceptors (Lipinski definition) is 7. The van der Waals surface area contributed by atoms with E-state index in [1.54, 1.807) is 20.8 Å². The molecule has 0 saturated heterocycles. The number of nitrogens with zero attached hydrogens (tertiary/aromatic N) is 5. The molecule has 0 fully saturated rings. The molecule has 0 aromatic heterocycles. The third kappa shape index (κ3) is 6.07. The summed E-state index contributed by atoms with van der Waals surface area (Å²) in [5, 5.41) is 39.3. The Hall–Kier alpha value is -2.90. The van der Waals surface area contributed by atoms with Crippen LogP contribution in [0.25, 0.3) is 0 Å². The maximum Gasteiger partial charge on any atom is 0.356 e. The van der Waals surface area contributed by atoms with Crippen LogP contribution in [-0.4, -0.2) is 34.3 Å². The van der Waals surface area contributed by atoms with Gasteiger partial charge in [0.15, 0.2) is 5.54 Å². The van der Waals surface area contributed by atoms with E-state index in [1.165, 1.54) is 6.92 Å². The second-order valence-corrected chi connectivity index (χ2v) is 6.28. The average molecular weight is 336 g/mol. The van der Waals surface area contributed by atoms with Crippen molar-refractivity contribution in [2.24, 2.45) is 37.7 Å². The number of azo groups is 2. The fourth-order valence-electron chi connectivity index (χ4n) is 1.30. The number of primary amides is 1. The van der Waals surface area contributed by atoms with Gasteiger partial charge in [0.2, 0.25) is 0 Å². The molecule has 24 heavy (non-hydrogen) atoms. The molecule has 0 aromatic rings. The van der Waals surface area contributed by atoms with Crippen molar-refractivity contribution in [3.05, 3.63) is 0 Å². The first-order valence-corrected chi connectivity index (χ1v) is 7.05. The van der Waals surface area contributed by atoms with E-state index in [2.05, 4.69) is 20.5 Å². The third-order valence-electron chi connectivity index (χ3n) is 3.47. The maximum absolute atomic E-state index is 10.7. The Morgan fingerprint density at radius 1 is 1.00 bits per heavy atom. The van der Waals surface area contributed by atoms with Gasteiger partial charge in [0.1, 0.15) is 22.7 Å². The van der Waals surface area contributed by atoms with E-state index >= 15 is 0 Å². The summed E-state index contributed by atoms with van der Waals surface area (Å²) in [6.45, 7) is 6.23. The molecular formula is C13H24N10O. The first-order valence-electron chi connectivity index (χ1n) is 7.05. The molecule has 0 aromatic carbocycles. The van der Waals surface area contributed by atoms with E-state index in [0.717, 1.165) is 0 Å². The van der Waals surface area contributed by atoms with Crippen LogP contribution >= 0.6 is 0 Å². The number of urea groups is 1. The highest BCUT2D eigenvalue weighted by molar-refractivity contribution is 5.88. The average Bonchev–Trinajstić information content (AvgIpc) is 2.48. The number of amidine groups is 2. The lowest BCUT2D eigenvalue weighted by atomic mass is 9.88. The van der Waals surface area contributed by atoms with Crippen molar-refractivity contribution >= 4 is 17.7 Å². The van der Waals surface area contributed by atoms with Crippen LogP contribution in [0.1, 0.15) is 40.5 Å². The number of carbonyl (C=O) groups excluding carboxylic acids is 1. The second kappa shape index (κ2) is 7.58. The van der Waals surface area contributed by atoms with Gasteiger partial charge >= 0.3 is 6.03 Å². The zero-order valence-corrected chi connectivity index (χ0v) is 14.3. The first kappa shape index (κ1) is 21.1. The molecule has 0 aliphatic carbocycles. The lowest BCUT2D eigenvalue weighted by molar-refractivity contribution is 0.254. The lowest BCUT2D eigenvalue weighted by Crippen LogP contribution is -2.42. The topological polar surface area (TPSA) is 216 Å². The summed E-state index contributed by atoms with van der Waals surface area (Å²) in [5.74, 6) is -0.452. The number of hydrogen-bond donors (Lipinski definition) is 5. The largest absolute Gasteiger partial charge is 0.386 e. The summed E-state index contributed by atoms with van der Waals surface area (Å²) < 4.78 is 0. The van der Waals surface area contributed by atoms with Gasteiger partial charge < -0.3 is 17.2 Å². The van der Waals surface area contributed by atoms with Crippen molar-refractivity contribution in [1.29, 1.82) is 16.1 Å². The second-order valence-electron chi connectivity index (χ2n) is 6.28. The maximum atomic E-state index is 10.7. The smallest absolute Gasteiger partial charge is 0.356 e. The zero-order chi connectivity index (χ0) is 19.2. The molecule has 0 aliphatic rings. The molecule has 0 radical (unpaired) electrons. The molecule has 2 amide bonds. The summed E-state index contributed by atoms with van der Waals surface area (Å²) in [6, 6.07) is 0.924. The summed E-state index contributed by atoms with van der Waals surface area (Å²) >= 11 is 0. The van der Waals surface area contributed by atoms with E-state index in [4.69, 9.17) is 28.0 Å². The Bertz CT molecular complexity index is 617. The minimum Gasteiger partial charge on any atom is -0.386 e. The van der Waals surface area contributed by atoms with Gasteiger partial charge in [0.25, 0.3) is 0 Å². The van der Waals surface area contributed by atoms with Crippen LogP contribution in [0.15, 0.2) is 20.5 Å². The Morgan fingerprint density at radius 2 is 1.54 bits per heavy atom. The predicted molar refractivity (Wildman–Crippen MR) is 88.9 cm³/mol. The van der Waals surface area contributed by atoms with Gasteiger partial charge in [-0.25, -0.2) is 4.79 Å². The Balaban J connectivity index is 5.39. The van der Waals surface area contributed by atoms with Crippen LogP contribution in [0.3, 0.4) is 0 Å². The van der Waals surface area contributed by atoms with E-state index in [1.807, 2.05) is 6.07 Å². The van der Waals surface area contributed by atoms with E-state index in [-0.39, 0.29) is 24.5 Å². The van der Waals surface area contributed by atoms with Crippen molar-refractivity contribution in [3.8, 4) is 6.07 Å². The van der Waals surface area contributed by atoms with Crippen LogP contribution in [0, 0.1) is 22.1 Å². The molecule has 0 spiro atoms. The van der Waals surface area contributed by atoms with Gasteiger partial charge in [-0.05, 0) is 40.5 Å². The van der Waals surface area contributed by atoms with Crippen molar-refractivity contribution in [1.82, 2.24) is 0 Å². The molecule has 0 rings (SSSR count). The molecule has 2 atom stereocenters. The fraction of sp³-hybridized carbons (Fsp3) is 0.692. The molecule has 2 unspecified atom stereocenters. The van der Waals surface area contributed by atoms with Crippen LogP contribution in [0.2, 0.25) is 0 Å². The van der Waals surface area contributed by atoms with E-state index < -0.39 is 22.6 Å². The number of nitrogens with two attached hydrogens (primary N) is 3. The molecule has 11 heteroatoms. The number of rotatable bonds is 8. The summed E-state index contributed by atoms with van der Waals surface area (Å²) in [5.41, 5.74) is 12.3. The number of nitriles is 1. The minimum atomic E-state index is -1.32. The number of nitrogens with one attached hydrogen (secondary N) is 2. The van der Waals surface area contributed by atoms with Crippen molar-refractivity contribution in [2.45, 2.75) is 57.2 Å². The molecule has 0 heterocycles. The zero-order valence-electron chi connectivity index (χ0n) is 14.3. The lowest BCUT2D eigenvalue weighted by Gasteiger charge is -2.27. The summed E-state index contributed by atoms with van der Waals surface area (Å²) in [7, 11) is 0. The SMILES string of the molecule is CC(C#N)(CCC(C)(N=NC(C)(C)C(=N)N)C(=N)N)N=NC(N)=O. The van der Waals surface area contributed by atoms with Gasteiger partial charge in [0, 0.05) is 0 Å². The third-order valence-corrected chi connectivity index (χ3v) is 3.47. The number of amides is 2. The van der Waals surface area contributed by atoms with Gasteiger partial charge in [-0.2, -0.15) is 20.6 Å². The van der Waals surface area contributed by atoms with Gasteiger partial charge in [-0.15, -0.1) is 0 Å². The molecule has 0 aliphatic heterocycles. The van der Waals surface area contributed by atoms with Gasteiger partial charge in [-0.1, -0.05) is 5.11 Å². The highest BCUT2D eigenvalue weighted by Gasteiger charge is 2.34. The van der Waals surface area contributed by atoms with Gasteiger partial charge in [0.05, 0.1) is 6.07 Å². The monoisotopic (exact) mass is 336 g/mol. The highest BCUT2D eigenvalue weighted by atomic mass is 16.2. The summed E-state index contributed by atoms with van der Waals surface area (Å²) in [4.78, 5) is 10.7. The molecule has 11 nitrogen and oxygen atoms in total. The van der Waals surface area contributed by atoms with Crippen molar-refractivity contribution in [2.75, 3.05) is 0 Å². The van der Waals surface area contributed by atoms with Crippen molar-refractivity contribution < 1.29 is 4.79 Å². The highest BCUT2D eigenvalue weighted by Crippen LogP contribution is 2.27. The van der Waals surface area contributed by atoms with Crippen molar-refractivity contribution in [3.63, 3.8) is 0 Å². The molecule has 0 saturated carbocycles. The Labute approximate surface area is 140 Å². The Kier molecular flexibility index (Phi) is 6.67. The molecular weight excluding hydrogens is 312 g/mol. The molecule has 0 bridgehead atoms. The van der Waals surface area contributed by atoms with E-state index in [0.29, 0.717) is 0 Å². The first-order chi connectivity index (χ1) is 10.8. The Morgan fingerprint density at radius 3 is 1.92 bits per heavy atom.